The zero-order valence-electron chi connectivity index (χ0n) is 15.5. The lowest BCUT2D eigenvalue weighted by Gasteiger charge is -2.23. The van der Waals surface area contributed by atoms with Crippen molar-refractivity contribution < 1.29 is 14.3 Å². The van der Waals surface area contributed by atoms with Crippen LogP contribution in [0.1, 0.15) is 16.8 Å². The Balaban J connectivity index is 1.56. The number of hydrogen-bond donors (Lipinski definition) is 1. The van der Waals surface area contributed by atoms with Gasteiger partial charge in [-0.3, -0.25) is 9.59 Å². The largest absolute Gasteiger partial charge is 0.484 e. The second-order valence-electron chi connectivity index (χ2n) is 6.90. The number of carbonyl (C=O) groups is 2. The minimum absolute atomic E-state index is 0.0577. The number of nitrogens with zero attached hydrogens (tertiary/aromatic N) is 2. The van der Waals surface area contributed by atoms with Gasteiger partial charge in [0.1, 0.15) is 5.75 Å². The van der Waals surface area contributed by atoms with E-state index < -0.39 is 5.91 Å². The first-order valence-corrected chi connectivity index (χ1v) is 9.09. The topological polar surface area (TPSA) is 75.9 Å². The maximum atomic E-state index is 12.7. The molecular formula is C21H25N3O3. The second-order valence-corrected chi connectivity index (χ2v) is 6.90. The summed E-state index contributed by atoms with van der Waals surface area (Å²) in [5.74, 6) is 0.295. The molecule has 1 heterocycles. The lowest BCUT2D eigenvalue weighted by Crippen LogP contribution is -2.33. The quantitative estimate of drug-likeness (QED) is 0.814. The van der Waals surface area contributed by atoms with E-state index >= 15 is 0 Å². The first-order chi connectivity index (χ1) is 13.0. The molecule has 0 spiro atoms. The number of benzene rings is 2. The van der Waals surface area contributed by atoms with Crippen LogP contribution in [0.2, 0.25) is 0 Å². The highest BCUT2D eigenvalue weighted by Crippen LogP contribution is 2.24. The molecule has 2 aromatic rings. The third kappa shape index (κ3) is 5.00. The number of anilines is 1. The van der Waals surface area contributed by atoms with E-state index in [9.17, 15) is 9.59 Å². The maximum absolute atomic E-state index is 12.7. The molecule has 2 aromatic carbocycles. The summed E-state index contributed by atoms with van der Waals surface area (Å²) in [5.41, 5.74) is 6.86. The van der Waals surface area contributed by atoms with Gasteiger partial charge >= 0.3 is 0 Å². The van der Waals surface area contributed by atoms with Crippen LogP contribution in [-0.2, 0) is 4.79 Å². The van der Waals surface area contributed by atoms with Gasteiger partial charge in [-0.15, -0.1) is 0 Å². The Morgan fingerprint density at radius 3 is 2.70 bits per heavy atom. The zero-order valence-corrected chi connectivity index (χ0v) is 15.5. The highest BCUT2D eigenvalue weighted by atomic mass is 16.5. The normalized spacial score (nSPS) is 16.2. The second kappa shape index (κ2) is 8.58. The van der Waals surface area contributed by atoms with Gasteiger partial charge in [-0.2, -0.15) is 0 Å². The van der Waals surface area contributed by atoms with Crippen molar-refractivity contribution in [1.82, 2.24) is 4.90 Å². The Kier molecular flexibility index (Phi) is 5.96. The molecule has 2 N–H and O–H groups in total. The molecule has 1 fully saturated rings. The van der Waals surface area contributed by atoms with Crippen LogP contribution < -0.4 is 15.4 Å². The highest BCUT2D eigenvalue weighted by Gasteiger charge is 2.25. The molecule has 3 rings (SSSR count). The summed E-state index contributed by atoms with van der Waals surface area (Å²) >= 11 is 0. The molecule has 6 nitrogen and oxygen atoms in total. The van der Waals surface area contributed by atoms with Gasteiger partial charge in [0.2, 0.25) is 0 Å². The third-order valence-corrected chi connectivity index (χ3v) is 4.75. The molecule has 0 radical (unpaired) electrons. The number of para-hydroxylation sites is 1. The van der Waals surface area contributed by atoms with Gasteiger partial charge in [0.05, 0.1) is 0 Å². The standard InChI is InChI=1S/C21H25N3O3/c1-23(13-16-10-11-24(14-16)18-7-3-2-4-8-18)21(26)17-6-5-9-19(12-17)27-15-20(22)25/h2-9,12,16H,10-11,13-15H2,1H3,(H2,22,25)/t16-/m0/s1. The summed E-state index contributed by atoms with van der Waals surface area (Å²) in [6, 6.07) is 17.2. The van der Waals surface area contributed by atoms with Crippen molar-refractivity contribution in [2.24, 2.45) is 11.7 Å². The average Bonchev–Trinajstić information content (AvgIpc) is 3.15. The van der Waals surface area contributed by atoms with E-state index in [4.69, 9.17) is 10.5 Å². The minimum atomic E-state index is -0.548. The molecule has 1 aliphatic rings. The predicted molar refractivity (Wildman–Crippen MR) is 105 cm³/mol. The fourth-order valence-electron chi connectivity index (χ4n) is 3.42. The Morgan fingerprint density at radius 2 is 1.96 bits per heavy atom. The van der Waals surface area contributed by atoms with E-state index in [-0.39, 0.29) is 12.5 Å². The fraction of sp³-hybridized carbons (Fsp3) is 0.333. The first-order valence-electron chi connectivity index (χ1n) is 9.09. The number of amides is 2. The van der Waals surface area contributed by atoms with Crippen molar-refractivity contribution in [1.29, 1.82) is 0 Å². The van der Waals surface area contributed by atoms with Gasteiger partial charge in [-0.1, -0.05) is 24.3 Å². The van der Waals surface area contributed by atoms with E-state index in [1.165, 1.54) is 5.69 Å². The molecule has 0 aromatic heterocycles. The monoisotopic (exact) mass is 367 g/mol. The molecule has 27 heavy (non-hydrogen) atoms. The summed E-state index contributed by atoms with van der Waals surface area (Å²) in [6.45, 7) is 2.45. The molecule has 0 bridgehead atoms. The van der Waals surface area contributed by atoms with Crippen LogP contribution in [0.25, 0.3) is 0 Å². The van der Waals surface area contributed by atoms with E-state index in [0.717, 1.165) is 19.5 Å². The number of carbonyl (C=O) groups excluding carboxylic acids is 2. The molecule has 0 aliphatic carbocycles. The van der Waals surface area contributed by atoms with Crippen molar-refractivity contribution in [3.63, 3.8) is 0 Å². The molecule has 6 heteroatoms. The summed E-state index contributed by atoms with van der Waals surface area (Å²) in [7, 11) is 1.82. The van der Waals surface area contributed by atoms with Crippen LogP contribution in [0, 0.1) is 5.92 Å². The van der Waals surface area contributed by atoms with Crippen LogP contribution in [-0.4, -0.2) is 50.0 Å². The van der Waals surface area contributed by atoms with Crippen molar-refractivity contribution >= 4 is 17.5 Å². The Labute approximate surface area is 159 Å². The van der Waals surface area contributed by atoms with E-state index in [2.05, 4.69) is 17.0 Å². The zero-order chi connectivity index (χ0) is 19.2. The maximum Gasteiger partial charge on any atom is 0.255 e. The molecule has 1 aliphatic heterocycles. The number of hydrogen-bond acceptors (Lipinski definition) is 4. The van der Waals surface area contributed by atoms with Crippen LogP contribution in [0.15, 0.2) is 54.6 Å². The SMILES string of the molecule is CN(C[C@@H]1CCN(c2ccccc2)C1)C(=O)c1cccc(OCC(N)=O)c1. The number of ether oxygens (including phenoxy) is 1. The Bertz CT molecular complexity index is 794. The first kappa shape index (κ1) is 18.8. The van der Waals surface area contributed by atoms with E-state index in [1.807, 2.05) is 25.2 Å². The lowest BCUT2D eigenvalue weighted by molar-refractivity contribution is -0.119. The summed E-state index contributed by atoms with van der Waals surface area (Å²) in [4.78, 5) is 27.7. The molecule has 0 unspecified atom stereocenters. The molecule has 1 saturated heterocycles. The molecule has 0 saturated carbocycles. The van der Waals surface area contributed by atoms with Gasteiger partial charge in [0, 0.05) is 37.9 Å². The van der Waals surface area contributed by atoms with Crippen LogP contribution in [0.5, 0.6) is 5.75 Å². The van der Waals surface area contributed by atoms with Gasteiger partial charge in [0.15, 0.2) is 6.61 Å². The summed E-state index contributed by atoms with van der Waals surface area (Å²) in [6.07, 6.45) is 1.06. The lowest BCUT2D eigenvalue weighted by atomic mass is 10.1. The minimum Gasteiger partial charge on any atom is -0.484 e. The van der Waals surface area contributed by atoms with Crippen molar-refractivity contribution in [3.05, 3.63) is 60.2 Å². The van der Waals surface area contributed by atoms with Gasteiger partial charge in [-0.25, -0.2) is 0 Å². The van der Waals surface area contributed by atoms with Crippen LogP contribution in [0.3, 0.4) is 0 Å². The van der Waals surface area contributed by atoms with Gasteiger partial charge in [0.25, 0.3) is 11.8 Å². The highest BCUT2D eigenvalue weighted by molar-refractivity contribution is 5.94. The number of rotatable bonds is 7. The van der Waals surface area contributed by atoms with Crippen molar-refractivity contribution in [2.45, 2.75) is 6.42 Å². The van der Waals surface area contributed by atoms with Gasteiger partial charge < -0.3 is 20.3 Å². The molecule has 142 valence electrons. The van der Waals surface area contributed by atoms with Gasteiger partial charge in [-0.05, 0) is 42.7 Å². The number of primary amides is 1. The Hall–Kier alpha value is -3.02. The van der Waals surface area contributed by atoms with E-state index in [1.54, 1.807) is 29.2 Å². The Morgan fingerprint density at radius 1 is 1.19 bits per heavy atom. The van der Waals surface area contributed by atoms with Crippen molar-refractivity contribution in [2.75, 3.05) is 38.2 Å². The number of nitrogens with two attached hydrogens (primary N) is 1. The molecule has 1 atom stereocenters. The fourth-order valence-corrected chi connectivity index (χ4v) is 3.42. The average molecular weight is 367 g/mol. The summed E-state index contributed by atoms with van der Waals surface area (Å²) < 4.78 is 5.28. The van der Waals surface area contributed by atoms with Crippen LogP contribution in [0.4, 0.5) is 5.69 Å². The predicted octanol–water partition coefficient (Wildman–Crippen LogP) is 2.15. The smallest absolute Gasteiger partial charge is 0.255 e. The summed E-state index contributed by atoms with van der Waals surface area (Å²) in [5, 5.41) is 0. The third-order valence-electron chi connectivity index (χ3n) is 4.75. The molecular weight excluding hydrogens is 342 g/mol. The van der Waals surface area contributed by atoms with Crippen molar-refractivity contribution in [3.8, 4) is 5.75 Å². The van der Waals surface area contributed by atoms with E-state index in [0.29, 0.717) is 23.8 Å². The van der Waals surface area contributed by atoms with Crippen LogP contribution >= 0.6 is 0 Å². The molecule has 2 amide bonds.